The average molecular weight is 317 g/mol. The molecule has 0 saturated heterocycles. The third kappa shape index (κ3) is 3.11. The Morgan fingerprint density at radius 3 is 2.87 bits per heavy atom. The molecule has 2 aromatic rings. The van der Waals surface area contributed by atoms with Gasteiger partial charge in [-0.15, -0.1) is 0 Å². The van der Waals surface area contributed by atoms with Crippen molar-refractivity contribution in [2.75, 3.05) is 0 Å². The van der Waals surface area contributed by atoms with E-state index in [9.17, 15) is 15.0 Å². The Morgan fingerprint density at radius 2 is 2.26 bits per heavy atom. The lowest BCUT2D eigenvalue weighted by atomic mass is 9.76. The van der Waals surface area contributed by atoms with Crippen LogP contribution in [0.15, 0.2) is 28.9 Å². The molecule has 0 bridgehead atoms. The van der Waals surface area contributed by atoms with Gasteiger partial charge in [-0.3, -0.25) is 9.78 Å². The van der Waals surface area contributed by atoms with Crippen LogP contribution in [0.1, 0.15) is 46.4 Å². The number of aryl methyl sites for hydroxylation is 1. The van der Waals surface area contributed by atoms with E-state index >= 15 is 0 Å². The summed E-state index contributed by atoms with van der Waals surface area (Å²) in [5.41, 5.74) is 1.21. The van der Waals surface area contributed by atoms with Crippen LogP contribution < -0.4 is 5.32 Å². The van der Waals surface area contributed by atoms with Gasteiger partial charge in [0, 0.05) is 6.20 Å². The zero-order valence-electron chi connectivity index (χ0n) is 12.8. The molecule has 1 aliphatic carbocycles. The summed E-state index contributed by atoms with van der Waals surface area (Å²) in [4.78, 5) is 16.8. The fraction of sp³-hybridized carbons (Fsp3) is 0.438. The van der Waals surface area contributed by atoms with E-state index in [1.54, 1.807) is 13.1 Å². The van der Waals surface area contributed by atoms with E-state index < -0.39 is 5.91 Å². The van der Waals surface area contributed by atoms with Gasteiger partial charge in [0.25, 0.3) is 5.91 Å². The Kier molecular flexibility index (Phi) is 4.40. The number of hydrogen-bond donors (Lipinski definition) is 3. The molecule has 2 heterocycles. The maximum absolute atomic E-state index is 12.5. The molecule has 0 unspecified atom stereocenters. The van der Waals surface area contributed by atoms with E-state index in [2.05, 4.69) is 15.5 Å². The van der Waals surface area contributed by atoms with E-state index in [0.29, 0.717) is 24.2 Å². The summed E-state index contributed by atoms with van der Waals surface area (Å²) in [6.45, 7) is 1.34. The van der Waals surface area contributed by atoms with Crippen LogP contribution in [0.2, 0.25) is 0 Å². The maximum Gasteiger partial charge on any atom is 0.274 e. The van der Waals surface area contributed by atoms with E-state index in [1.807, 2.05) is 18.2 Å². The number of hydrogen-bond acceptors (Lipinski definition) is 6. The van der Waals surface area contributed by atoms with Gasteiger partial charge < -0.3 is 20.1 Å². The van der Waals surface area contributed by atoms with Crippen molar-refractivity contribution < 1.29 is 19.5 Å². The number of nitrogens with zero attached hydrogens (tertiary/aromatic N) is 2. The maximum atomic E-state index is 12.5. The first-order chi connectivity index (χ1) is 11.1. The first-order valence-electron chi connectivity index (χ1n) is 7.56. The Labute approximate surface area is 133 Å². The molecule has 1 aliphatic rings. The minimum Gasteiger partial charge on any atom is -0.393 e. The number of rotatable bonds is 5. The van der Waals surface area contributed by atoms with Crippen molar-refractivity contribution in [1.29, 1.82) is 0 Å². The van der Waals surface area contributed by atoms with Gasteiger partial charge in [0.1, 0.15) is 5.76 Å². The predicted octanol–water partition coefficient (Wildman–Crippen LogP) is 1.11. The summed E-state index contributed by atoms with van der Waals surface area (Å²) in [6, 6.07) is 5.20. The van der Waals surface area contributed by atoms with Crippen LogP contribution in [0.3, 0.4) is 0 Å². The van der Waals surface area contributed by atoms with Crippen LogP contribution >= 0.6 is 0 Å². The smallest absolute Gasteiger partial charge is 0.274 e. The van der Waals surface area contributed by atoms with Gasteiger partial charge in [-0.25, -0.2) is 0 Å². The van der Waals surface area contributed by atoms with Crippen molar-refractivity contribution in [3.8, 4) is 0 Å². The fourth-order valence-electron chi connectivity index (χ4n) is 2.86. The SMILES string of the molecule is Cc1onc(C(=O)N[C@H](c2ccccn2)C2CC(O)C2)c1CO. The summed E-state index contributed by atoms with van der Waals surface area (Å²) < 4.78 is 4.99. The molecule has 0 radical (unpaired) electrons. The van der Waals surface area contributed by atoms with Gasteiger partial charge in [0.2, 0.25) is 0 Å². The van der Waals surface area contributed by atoms with Crippen molar-refractivity contribution in [3.63, 3.8) is 0 Å². The molecule has 1 amide bonds. The van der Waals surface area contributed by atoms with E-state index in [0.717, 1.165) is 5.69 Å². The van der Waals surface area contributed by atoms with E-state index in [4.69, 9.17) is 4.52 Å². The van der Waals surface area contributed by atoms with Crippen molar-refractivity contribution in [1.82, 2.24) is 15.5 Å². The molecule has 0 spiro atoms. The topological polar surface area (TPSA) is 108 Å². The molecule has 1 fully saturated rings. The quantitative estimate of drug-likeness (QED) is 0.762. The monoisotopic (exact) mass is 317 g/mol. The number of pyridine rings is 1. The molecule has 7 heteroatoms. The third-order valence-corrected chi connectivity index (χ3v) is 4.27. The number of nitrogens with one attached hydrogen (secondary N) is 1. The summed E-state index contributed by atoms with van der Waals surface area (Å²) in [5.74, 6) is 0.128. The lowest BCUT2D eigenvalue weighted by Crippen LogP contribution is -2.42. The van der Waals surface area contributed by atoms with Crippen LogP contribution in [-0.4, -0.2) is 32.4 Å². The van der Waals surface area contributed by atoms with Crippen molar-refractivity contribution in [3.05, 3.63) is 47.1 Å². The molecule has 3 N–H and O–H groups in total. The van der Waals surface area contributed by atoms with Crippen molar-refractivity contribution in [2.24, 2.45) is 5.92 Å². The number of carbonyl (C=O) groups excluding carboxylic acids is 1. The molecular formula is C16H19N3O4. The predicted molar refractivity (Wildman–Crippen MR) is 80.3 cm³/mol. The first kappa shape index (κ1) is 15.6. The van der Waals surface area contributed by atoms with Crippen molar-refractivity contribution in [2.45, 2.75) is 38.5 Å². The van der Waals surface area contributed by atoms with E-state index in [-0.39, 0.29) is 30.4 Å². The zero-order valence-corrected chi connectivity index (χ0v) is 12.8. The highest BCUT2D eigenvalue weighted by molar-refractivity contribution is 5.94. The number of amides is 1. The minimum atomic E-state index is -0.414. The zero-order chi connectivity index (χ0) is 16.4. The van der Waals surface area contributed by atoms with Crippen LogP contribution in [0.25, 0.3) is 0 Å². The number of aliphatic hydroxyl groups excluding tert-OH is 2. The molecule has 3 rings (SSSR count). The summed E-state index contributed by atoms with van der Waals surface area (Å²) >= 11 is 0. The summed E-state index contributed by atoms with van der Waals surface area (Å²) in [7, 11) is 0. The fourth-order valence-corrected chi connectivity index (χ4v) is 2.86. The number of carbonyl (C=O) groups is 1. The van der Waals surface area contributed by atoms with Crippen LogP contribution in [0.4, 0.5) is 0 Å². The van der Waals surface area contributed by atoms with Crippen molar-refractivity contribution >= 4 is 5.91 Å². The van der Waals surface area contributed by atoms with E-state index in [1.165, 1.54) is 0 Å². The Balaban J connectivity index is 1.82. The molecule has 1 saturated carbocycles. The molecule has 0 aliphatic heterocycles. The van der Waals surface area contributed by atoms with Crippen LogP contribution in [0.5, 0.6) is 0 Å². The molecule has 23 heavy (non-hydrogen) atoms. The Morgan fingerprint density at radius 1 is 1.48 bits per heavy atom. The number of aliphatic hydroxyl groups is 2. The second-order valence-electron chi connectivity index (χ2n) is 5.82. The van der Waals surface area contributed by atoms with Gasteiger partial charge in [0.15, 0.2) is 5.69 Å². The normalized spacial score (nSPS) is 21.5. The lowest BCUT2D eigenvalue weighted by Gasteiger charge is -2.37. The van der Waals surface area contributed by atoms with Gasteiger partial charge in [-0.1, -0.05) is 11.2 Å². The summed E-state index contributed by atoms with van der Waals surface area (Å²) in [5, 5.41) is 25.6. The lowest BCUT2D eigenvalue weighted by molar-refractivity contribution is 0.0227. The van der Waals surface area contributed by atoms with Gasteiger partial charge >= 0.3 is 0 Å². The second-order valence-corrected chi connectivity index (χ2v) is 5.82. The highest BCUT2D eigenvalue weighted by Crippen LogP contribution is 2.37. The first-order valence-corrected chi connectivity index (χ1v) is 7.56. The number of aromatic nitrogens is 2. The van der Waals surface area contributed by atoms with Gasteiger partial charge in [0.05, 0.1) is 30.0 Å². The standard InChI is InChI=1S/C16H19N3O4/c1-9-12(8-20)15(19-23-9)16(22)18-14(10-6-11(21)7-10)13-4-2-3-5-17-13/h2-5,10-11,14,20-21H,6-8H2,1H3,(H,18,22)/t10?,11?,14-/m0/s1. The molecule has 7 nitrogen and oxygen atoms in total. The Hall–Kier alpha value is -2.25. The molecule has 122 valence electrons. The van der Waals surface area contributed by atoms with Gasteiger partial charge in [-0.2, -0.15) is 0 Å². The summed E-state index contributed by atoms with van der Waals surface area (Å²) in [6.07, 6.45) is 2.58. The average Bonchev–Trinajstić information content (AvgIpc) is 2.91. The minimum absolute atomic E-state index is 0.0887. The Bertz CT molecular complexity index is 680. The third-order valence-electron chi connectivity index (χ3n) is 4.27. The highest BCUT2D eigenvalue weighted by atomic mass is 16.5. The van der Waals surface area contributed by atoms with Crippen LogP contribution in [-0.2, 0) is 6.61 Å². The van der Waals surface area contributed by atoms with Crippen LogP contribution in [0, 0.1) is 12.8 Å². The highest BCUT2D eigenvalue weighted by Gasteiger charge is 2.37. The largest absolute Gasteiger partial charge is 0.393 e. The second kappa shape index (κ2) is 6.47. The molecule has 0 aromatic carbocycles. The molecule has 1 atom stereocenters. The molecule has 2 aromatic heterocycles. The molecular weight excluding hydrogens is 298 g/mol. The van der Waals surface area contributed by atoms with Gasteiger partial charge in [-0.05, 0) is 37.8 Å².